The molecule has 0 spiro atoms. The first-order valence-electron chi connectivity index (χ1n) is 6.42. The summed E-state index contributed by atoms with van der Waals surface area (Å²) >= 11 is 0. The molecule has 0 radical (unpaired) electrons. The average Bonchev–Trinajstić information content (AvgIpc) is 2.74. The molecule has 9 heteroatoms. The molecule has 1 aromatic heterocycles. The Hall–Kier alpha value is -1.68. The number of hydrogen-bond donors (Lipinski definition) is 1. The maximum Gasteiger partial charge on any atom is 0.419 e. The summed E-state index contributed by atoms with van der Waals surface area (Å²) < 4.78 is 36.1. The van der Waals surface area contributed by atoms with Gasteiger partial charge in [0.25, 0.3) is 10.0 Å². The molecule has 0 unspecified atom stereocenters. The summed E-state index contributed by atoms with van der Waals surface area (Å²) in [7, 11) is -2.17. The number of oxazole rings is 1. The summed E-state index contributed by atoms with van der Waals surface area (Å²) in [4.78, 5) is 14.0. The maximum atomic E-state index is 12.4. The number of benzene rings is 1. The lowest BCUT2D eigenvalue weighted by Gasteiger charge is -2.26. The van der Waals surface area contributed by atoms with E-state index in [1.54, 1.807) is 5.01 Å². The van der Waals surface area contributed by atoms with Crippen molar-refractivity contribution in [3.8, 4) is 0 Å². The van der Waals surface area contributed by atoms with Crippen LogP contribution in [0, 0.1) is 0 Å². The third kappa shape index (κ3) is 2.72. The normalized spacial score (nSPS) is 17.4. The van der Waals surface area contributed by atoms with Gasteiger partial charge >= 0.3 is 5.76 Å². The number of nitrogens with zero attached hydrogens (tertiary/aromatic N) is 2. The molecule has 1 N–H and O–H groups in total. The highest BCUT2D eigenvalue weighted by Crippen LogP contribution is 2.18. The lowest BCUT2D eigenvalue weighted by atomic mass is 10.3. The van der Waals surface area contributed by atoms with Gasteiger partial charge in [-0.15, -0.1) is 4.83 Å². The minimum Gasteiger partial charge on any atom is -0.408 e. The second kappa shape index (κ2) is 5.26. The summed E-state index contributed by atoms with van der Waals surface area (Å²) in [5.74, 6) is -0.527. The van der Waals surface area contributed by atoms with Crippen LogP contribution in [0.15, 0.2) is 32.3 Å². The van der Waals surface area contributed by atoms with E-state index in [2.05, 4.69) is 4.83 Å². The summed E-state index contributed by atoms with van der Waals surface area (Å²) in [5, 5.41) is 1.59. The summed E-state index contributed by atoms with van der Waals surface area (Å²) in [6.45, 7) is 1.95. The Labute approximate surface area is 120 Å². The number of morpholine rings is 1. The van der Waals surface area contributed by atoms with Gasteiger partial charge in [-0.2, -0.15) is 0 Å². The van der Waals surface area contributed by atoms with Gasteiger partial charge in [-0.3, -0.25) is 4.57 Å². The van der Waals surface area contributed by atoms with E-state index in [9.17, 15) is 13.2 Å². The van der Waals surface area contributed by atoms with Gasteiger partial charge in [0.15, 0.2) is 5.58 Å². The van der Waals surface area contributed by atoms with Crippen LogP contribution in [0.5, 0.6) is 0 Å². The van der Waals surface area contributed by atoms with Crippen LogP contribution in [-0.2, 0) is 21.8 Å². The molecule has 3 rings (SSSR count). The van der Waals surface area contributed by atoms with Crippen LogP contribution in [-0.4, -0.2) is 44.3 Å². The van der Waals surface area contributed by atoms with Gasteiger partial charge in [-0.05, 0) is 18.2 Å². The Bertz CT molecular complexity index is 817. The third-order valence-electron chi connectivity index (χ3n) is 3.33. The monoisotopic (exact) mass is 313 g/mol. The van der Waals surface area contributed by atoms with Crippen molar-refractivity contribution in [2.24, 2.45) is 7.05 Å². The smallest absolute Gasteiger partial charge is 0.408 e. The Kier molecular flexibility index (Phi) is 3.57. The Morgan fingerprint density at radius 1 is 1.24 bits per heavy atom. The van der Waals surface area contributed by atoms with Crippen LogP contribution in [0.4, 0.5) is 0 Å². The van der Waals surface area contributed by atoms with Crippen molar-refractivity contribution in [2.45, 2.75) is 4.90 Å². The number of aryl methyl sites for hydroxylation is 1. The van der Waals surface area contributed by atoms with Gasteiger partial charge in [-0.1, -0.05) is 0 Å². The molecule has 0 bridgehead atoms. The van der Waals surface area contributed by atoms with Crippen molar-refractivity contribution < 1.29 is 17.6 Å². The van der Waals surface area contributed by atoms with Crippen molar-refractivity contribution in [1.82, 2.24) is 14.4 Å². The van der Waals surface area contributed by atoms with Crippen molar-refractivity contribution in [2.75, 3.05) is 26.3 Å². The number of sulfonamides is 1. The van der Waals surface area contributed by atoms with E-state index in [1.807, 2.05) is 0 Å². The Balaban J connectivity index is 1.94. The predicted molar refractivity (Wildman–Crippen MR) is 74.2 cm³/mol. The van der Waals surface area contributed by atoms with Crippen LogP contribution in [0.25, 0.3) is 11.1 Å². The maximum absolute atomic E-state index is 12.4. The minimum absolute atomic E-state index is 0.0814. The first-order valence-corrected chi connectivity index (χ1v) is 7.90. The molecule has 0 saturated carbocycles. The zero-order valence-corrected chi connectivity index (χ0v) is 12.2. The van der Waals surface area contributed by atoms with E-state index in [0.717, 1.165) is 0 Å². The Morgan fingerprint density at radius 2 is 1.95 bits per heavy atom. The van der Waals surface area contributed by atoms with Crippen molar-refractivity contribution >= 4 is 21.1 Å². The lowest BCUT2D eigenvalue weighted by Crippen LogP contribution is -2.48. The number of nitrogens with one attached hydrogen (secondary N) is 1. The van der Waals surface area contributed by atoms with Crippen LogP contribution in [0.1, 0.15) is 0 Å². The molecule has 1 saturated heterocycles. The molecular weight excluding hydrogens is 298 g/mol. The average molecular weight is 313 g/mol. The molecule has 21 heavy (non-hydrogen) atoms. The molecule has 0 amide bonds. The van der Waals surface area contributed by atoms with Crippen LogP contribution in [0.3, 0.4) is 0 Å². The van der Waals surface area contributed by atoms with Crippen molar-refractivity contribution in [1.29, 1.82) is 0 Å². The number of rotatable bonds is 3. The highest BCUT2D eigenvalue weighted by molar-refractivity contribution is 7.89. The largest absolute Gasteiger partial charge is 0.419 e. The predicted octanol–water partition coefficient (Wildman–Crippen LogP) is -0.343. The minimum atomic E-state index is -3.70. The van der Waals surface area contributed by atoms with Crippen molar-refractivity contribution in [3.05, 3.63) is 28.7 Å². The van der Waals surface area contributed by atoms with Gasteiger partial charge in [-0.25, -0.2) is 18.2 Å². The van der Waals surface area contributed by atoms with Crippen molar-refractivity contribution in [3.63, 3.8) is 0 Å². The lowest BCUT2D eigenvalue weighted by molar-refractivity contribution is 0.0272. The summed E-state index contributed by atoms with van der Waals surface area (Å²) in [6, 6.07) is 4.31. The van der Waals surface area contributed by atoms with E-state index in [-0.39, 0.29) is 4.90 Å². The molecule has 0 aliphatic carbocycles. The van der Waals surface area contributed by atoms with E-state index < -0.39 is 15.8 Å². The summed E-state index contributed by atoms with van der Waals surface area (Å²) in [5.41, 5.74) is 0.790. The topological polar surface area (TPSA) is 93.8 Å². The second-order valence-electron chi connectivity index (χ2n) is 4.75. The molecule has 2 aromatic rings. The number of hydrazine groups is 1. The molecule has 1 aliphatic rings. The first kappa shape index (κ1) is 14.3. The molecular formula is C12H15N3O5S. The van der Waals surface area contributed by atoms with Gasteiger partial charge in [0.05, 0.1) is 23.6 Å². The number of ether oxygens (including phenoxy) is 1. The zero-order valence-electron chi connectivity index (χ0n) is 11.4. The van der Waals surface area contributed by atoms with Gasteiger partial charge < -0.3 is 9.15 Å². The van der Waals surface area contributed by atoms with Crippen LogP contribution >= 0.6 is 0 Å². The fraction of sp³-hybridized carbons (Fsp3) is 0.417. The summed E-state index contributed by atoms with van der Waals surface area (Å²) in [6.07, 6.45) is 0. The molecule has 2 heterocycles. The van der Waals surface area contributed by atoms with Crippen LogP contribution < -0.4 is 10.6 Å². The number of aromatic nitrogens is 1. The van der Waals surface area contributed by atoms with E-state index in [0.29, 0.717) is 37.4 Å². The molecule has 1 aliphatic heterocycles. The first-order chi connectivity index (χ1) is 9.97. The Morgan fingerprint density at radius 3 is 2.67 bits per heavy atom. The number of hydrogen-bond acceptors (Lipinski definition) is 6. The molecule has 0 atom stereocenters. The molecule has 1 fully saturated rings. The van der Waals surface area contributed by atoms with E-state index in [1.165, 1.54) is 29.8 Å². The molecule has 1 aromatic carbocycles. The fourth-order valence-electron chi connectivity index (χ4n) is 2.15. The quantitative estimate of drug-likeness (QED) is 0.833. The molecule has 8 nitrogen and oxygen atoms in total. The standard InChI is InChI=1S/C12H15N3O5S/c1-14-10-8-9(2-3-11(10)20-12(14)16)21(17,18)13-15-4-6-19-7-5-15/h2-3,8,13H,4-7H2,1H3. The van der Waals surface area contributed by atoms with Gasteiger partial charge in [0.2, 0.25) is 0 Å². The second-order valence-corrected chi connectivity index (χ2v) is 6.41. The van der Waals surface area contributed by atoms with Gasteiger partial charge in [0, 0.05) is 20.1 Å². The van der Waals surface area contributed by atoms with Crippen LogP contribution in [0.2, 0.25) is 0 Å². The van der Waals surface area contributed by atoms with E-state index >= 15 is 0 Å². The molecule has 114 valence electrons. The zero-order chi connectivity index (χ0) is 15.0. The van der Waals surface area contributed by atoms with E-state index in [4.69, 9.17) is 9.15 Å². The third-order valence-corrected chi connectivity index (χ3v) is 4.71. The number of fused-ring (bicyclic) bond motifs is 1. The SMILES string of the molecule is Cn1c(=O)oc2ccc(S(=O)(=O)NN3CCOCC3)cc21. The van der Waals surface area contributed by atoms with Gasteiger partial charge in [0.1, 0.15) is 0 Å². The highest BCUT2D eigenvalue weighted by atomic mass is 32.2. The fourth-order valence-corrected chi connectivity index (χ4v) is 3.29. The highest BCUT2D eigenvalue weighted by Gasteiger charge is 2.21.